The fourth-order valence-electron chi connectivity index (χ4n) is 1.17. The smallest absolute Gasteiger partial charge is 0.367 e. The summed E-state index contributed by atoms with van der Waals surface area (Å²) in [6, 6.07) is 0. The molecule has 0 radical (unpaired) electrons. The number of aryl methyl sites for hydroxylation is 1. The number of hydrogen-bond acceptors (Lipinski definition) is 8. The molecule has 100 valence electrons. The van der Waals surface area contributed by atoms with Crippen LogP contribution in [0.25, 0.3) is 0 Å². The molecule has 0 atom stereocenters. The molecular formula is C10H10N4O3S2. The van der Waals surface area contributed by atoms with E-state index < -0.39 is 11.9 Å². The van der Waals surface area contributed by atoms with Crippen LogP contribution in [0.2, 0.25) is 0 Å². The second-order valence-corrected chi connectivity index (χ2v) is 5.38. The highest BCUT2D eigenvalue weighted by atomic mass is 32.1. The zero-order chi connectivity index (χ0) is 13.8. The number of amides is 1. The van der Waals surface area contributed by atoms with Gasteiger partial charge in [-0.1, -0.05) is 11.3 Å². The first-order chi connectivity index (χ1) is 9.10. The van der Waals surface area contributed by atoms with Crippen LogP contribution in [0.4, 0.5) is 5.13 Å². The Balaban J connectivity index is 2.06. The van der Waals surface area contributed by atoms with Crippen LogP contribution in [0, 0.1) is 6.92 Å². The summed E-state index contributed by atoms with van der Waals surface area (Å²) < 4.78 is 4.80. The van der Waals surface area contributed by atoms with Crippen molar-refractivity contribution in [2.24, 2.45) is 0 Å². The standard InChI is InChI=1S/C10H10N4O3S2/c1-3-17-9(16)8-11-6(4-18-8)7(15)12-10-14-13-5(2)19-10/h4H,3H2,1-2H3,(H,12,14,15). The van der Waals surface area contributed by atoms with E-state index in [-0.39, 0.29) is 17.3 Å². The summed E-state index contributed by atoms with van der Waals surface area (Å²) in [6.45, 7) is 3.76. The van der Waals surface area contributed by atoms with Gasteiger partial charge in [-0.25, -0.2) is 9.78 Å². The van der Waals surface area contributed by atoms with Crippen LogP contribution in [0.3, 0.4) is 0 Å². The number of rotatable bonds is 4. The predicted octanol–water partition coefficient (Wildman–Crippen LogP) is 1.73. The molecule has 1 amide bonds. The second kappa shape index (κ2) is 5.85. The van der Waals surface area contributed by atoms with Crippen LogP contribution in [-0.2, 0) is 4.74 Å². The average Bonchev–Trinajstić information content (AvgIpc) is 2.98. The SMILES string of the molecule is CCOC(=O)c1nc(C(=O)Nc2nnc(C)s2)cs1. The van der Waals surface area contributed by atoms with Gasteiger partial charge in [-0.2, -0.15) is 0 Å². The Morgan fingerprint density at radius 3 is 2.84 bits per heavy atom. The van der Waals surface area contributed by atoms with Crippen molar-refractivity contribution >= 4 is 39.7 Å². The molecular weight excluding hydrogens is 288 g/mol. The van der Waals surface area contributed by atoms with E-state index in [0.29, 0.717) is 5.13 Å². The first-order valence-corrected chi connectivity index (χ1v) is 7.04. The molecule has 0 saturated heterocycles. The third-order valence-electron chi connectivity index (χ3n) is 1.93. The van der Waals surface area contributed by atoms with Gasteiger partial charge in [-0.15, -0.1) is 21.5 Å². The van der Waals surface area contributed by atoms with Crippen LogP contribution in [-0.4, -0.2) is 33.7 Å². The molecule has 0 aliphatic rings. The van der Waals surface area contributed by atoms with Crippen LogP contribution in [0.1, 0.15) is 32.2 Å². The minimum absolute atomic E-state index is 0.153. The summed E-state index contributed by atoms with van der Waals surface area (Å²) in [6.07, 6.45) is 0. The number of carbonyl (C=O) groups is 2. The minimum Gasteiger partial charge on any atom is -0.461 e. The van der Waals surface area contributed by atoms with Crippen molar-refractivity contribution in [3.05, 3.63) is 21.1 Å². The second-order valence-electron chi connectivity index (χ2n) is 3.34. The Labute approximate surface area is 116 Å². The summed E-state index contributed by atoms with van der Waals surface area (Å²) in [5.74, 6) is -0.957. The van der Waals surface area contributed by atoms with Crippen LogP contribution in [0.5, 0.6) is 0 Å². The van der Waals surface area contributed by atoms with Gasteiger partial charge in [0, 0.05) is 5.38 Å². The monoisotopic (exact) mass is 298 g/mol. The maximum Gasteiger partial charge on any atom is 0.367 e. The number of carbonyl (C=O) groups excluding carboxylic acids is 2. The first kappa shape index (κ1) is 13.6. The lowest BCUT2D eigenvalue weighted by Gasteiger charge is -1.97. The third kappa shape index (κ3) is 3.32. The fraction of sp³-hybridized carbons (Fsp3) is 0.300. The normalized spacial score (nSPS) is 10.2. The van der Waals surface area contributed by atoms with Gasteiger partial charge in [0.15, 0.2) is 0 Å². The van der Waals surface area contributed by atoms with Gasteiger partial charge in [0.1, 0.15) is 10.7 Å². The van der Waals surface area contributed by atoms with Gasteiger partial charge < -0.3 is 4.74 Å². The lowest BCUT2D eigenvalue weighted by Crippen LogP contribution is -2.13. The maximum absolute atomic E-state index is 11.8. The van der Waals surface area contributed by atoms with Gasteiger partial charge in [-0.05, 0) is 13.8 Å². The molecule has 2 aromatic heterocycles. The van der Waals surface area contributed by atoms with Gasteiger partial charge in [0.2, 0.25) is 10.1 Å². The van der Waals surface area contributed by atoms with E-state index in [9.17, 15) is 9.59 Å². The molecule has 19 heavy (non-hydrogen) atoms. The molecule has 0 bridgehead atoms. The number of hydrogen-bond donors (Lipinski definition) is 1. The summed E-state index contributed by atoms with van der Waals surface area (Å²) in [4.78, 5) is 27.2. The molecule has 0 aliphatic heterocycles. The third-order valence-corrected chi connectivity index (χ3v) is 3.51. The number of anilines is 1. The van der Waals surface area contributed by atoms with Crippen LogP contribution < -0.4 is 5.32 Å². The van der Waals surface area contributed by atoms with Crippen molar-refractivity contribution in [2.45, 2.75) is 13.8 Å². The highest BCUT2D eigenvalue weighted by molar-refractivity contribution is 7.15. The molecule has 2 heterocycles. The lowest BCUT2D eigenvalue weighted by atomic mass is 10.4. The molecule has 7 nitrogen and oxygen atoms in total. The number of ether oxygens (including phenoxy) is 1. The zero-order valence-electron chi connectivity index (χ0n) is 10.2. The Morgan fingerprint density at radius 2 is 2.21 bits per heavy atom. The minimum atomic E-state index is -0.529. The van der Waals surface area contributed by atoms with Gasteiger partial charge in [-0.3, -0.25) is 10.1 Å². The Morgan fingerprint density at radius 1 is 1.42 bits per heavy atom. The Bertz CT molecular complexity index is 607. The van der Waals surface area contributed by atoms with Crippen molar-refractivity contribution in [1.82, 2.24) is 15.2 Å². The molecule has 0 spiro atoms. The Hall–Kier alpha value is -1.87. The van der Waals surface area contributed by atoms with Crippen molar-refractivity contribution < 1.29 is 14.3 Å². The molecule has 0 saturated carbocycles. The van der Waals surface area contributed by atoms with Crippen molar-refractivity contribution in [3.63, 3.8) is 0 Å². The number of thiazole rings is 1. The van der Waals surface area contributed by atoms with E-state index in [0.717, 1.165) is 16.3 Å². The molecule has 0 unspecified atom stereocenters. The highest BCUT2D eigenvalue weighted by Gasteiger charge is 2.17. The Kier molecular flexibility index (Phi) is 4.17. The van der Waals surface area contributed by atoms with Crippen molar-refractivity contribution in [3.8, 4) is 0 Å². The summed E-state index contributed by atoms with van der Waals surface area (Å²) in [5.41, 5.74) is 0.154. The lowest BCUT2D eigenvalue weighted by molar-refractivity contribution is 0.0526. The highest BCUT2D eigenvalue weighted by Crippen LogP contribution is 2.16. The van der Waals surface area contributed by atoms with E-state index >= 15 is 0 Å². The number of aromatic nitrogens is 3. The van der Waals surface area contributed by atoms with Crippen LogP contribution >= 0.6 is 22.7 Å². The van der Waals surface area contributed by atoms with Crippen molar-refractivity contribution in [1.29, 1.82) is 0 Å². The summed E-state index contributed by atoms with van der Waals surface area (Å²) in [5, 5.41) is 12.9. The average molecular weight is 298 g/mol. The van der Waals surface area contributed by atoms with Crippen molar-refractivity contribution in [2.75, 3.05) is 11.9 Å². The number of nitrogens with zero attached hydrogens (tertiary/aromatic N) is 3. The fourth-order valence-corrected chi connectivity index (χ4v) is 2.45. The van der Waals surface area contributed by atoms with E-state index in [1.54, 1.807) is 13.8 Å². The summed E-state index contributed by atoms with van der Waals surface area (Å²) >= 11 is 2.32. The number of esters is 1. The van der Waals surface area contributed by atoms with Gasteiger partial charge >= 0.3 is 5.97 Å². The molecule has 0 fully saturated rings. The molecule has 9 heteroatoms. The van der Waals surface area contributed by atoms with Crippen LogP contribution in [0.15, 0.2) is 5.38 Å². The molecule has 2 rings (SSSR count). The molecule has 0 aliphatic carbocycles. The van der Waals surface area contributed by atoms with E-state index in [2.05, 4.69) is 20.5 Å². The largest absolute Gasteiger partial charge is 0.461 e. The van der Waals surface area contributed by atoms with E-state index in [4.69, 9.17) is 4.74 Å². The molecule has 0 aromatic carbocycles. The topological polar surface area (TPSA) is 94.1 Å². The van der Waals surface area contributed by atoms with Gasteiger partial charge in [0.05, 0.1) is 6.61 Å². The molecule has 1 N–H and O–H groups in total. The van der Waals surface area contributed by atoms with Gasteiger partial charge in [0.25, 0.3) is 5.91 Å². The quantitative estimate of drug-likeness (QED) is 0.864. The molecule has 2 aromatic rings. The number of nitrogens with one attached hydrogen (secondary N) is 1. The zero-order valence-corrected chi connectivity index (χ0v) is 11.8. The summed E-state index contributed by atoms with van der Waals surface area (Å²) in [7, 11) is 0. The maximum atomic E-state index is 11.8. The predicted molar refractivity (Wildman–Crippen MR) is 70.7 cm³/mol. The van der Waals surface area contributed by atoms with E-state index in [1.807, 2.05) is 0 Å². The van der Waals surface area contributed by atoms with E-state index in [1.165, 1.54) is 16.7 Å². The first-order valence-electron chi connectivity index (χ1n) is 5.34.